The van der Waals surface area contributed by atoms with E-state index < -0.39 is 47.5 Å². The van der Waals surface area contributed by atoms with E-state index in [1.54, 1.807) is 15.9 Å². The van der Waals surface area contributed by atoms with Crippen LogP contribution in [0.4, 0.5) is 11.4 Å². The number of carbonyl (C=O) groups excluding carboxylic acids is 4. The Morgan fingerprint density at radius 2 is 1.70 bits per heavy atom. The Kier molecular flexibility index (Phi) is 11.0. The van der Waals surface area contributed by atoms with Crippen LogP contribution < -0.4 is 15.1 Å². The Bertz CT molecular complexity index is 1590. The molecule has 5 bridgehead atoms. The Labute approximate surface area is 293 Å². The molecule has 0 unspecified atom stereocenters. The van der Waals surface area contributed by atoms with Crippen LogP contribution in [0.3, 0.4) is 0 Å². The van der Waals surface area contributed by atoms with Crippen molar-refractivity contribution in [1.29, 1.82) is 0 Å². The Hall–Kier alpha value is -4.48. The summed E-state index contributed by atoms with van der Waals surface area (Å²) >= 11 is 0. The summed E-state index contributed by atoms with van der Waals surface area (Å²) in [4.78, 5) is 62.1. The highest BCUT2D eigenvalue weighted by atomic mass is 16.5. The average Bonchev–Trinajstić information content (AvgIpc) is 3.78. The van der Waals surface area contributed by atoms with E-state index in [0.29, 0.717) is 31.4 Å². The van der Waals surface area contributed by atoms with Crippen LogP contribution in [-0.4, -0.2) is 90.8 Å². The number of nitrogens with one attached hydrogen (secondary N) is 1. The lowest BCUT2D eigenvalue weighted by molar-refractivity contribution is -0.145. The van der Waals surface area contributed by atoms with Gasteiger partial charge in [0.25, 0.3) is 5.91 Å². The molecule has 0 saturated carbocycles. The van der Waals surface area contributed by atoms with Gasteiger partial charge in [0.1, 0.15) is 18.2 Å². The topological polar surface area (TPSA) is 129 Å². The highest BCUT2D eigenvalue weighted by Crippen LogP contribution is 2.55. The number of hydrogen-bond acceptors (Lipinski definition) is 8. The molecule has 50 heavy (non-hydrogen) atoms. The maximum atomic E-state index is 15.0. The van der Waals surface area contributed by atoms with Crippen molar-refractivity contribution in [1.82, 2.24) is 10.2 Å². The monoisotopic (exact) mass is 684 g/mol. The number of likely N-dealkylation sites (tertiary alicyclic amines) is 1. The van der Waals surface area contributed by atoms with Gasteiger partial charge in [0, 0.05) is 50.6 Å². The number of esters is 1. The fourth-order valence-corrected chi connectivity index (χ4v) is 7.88. The SMILES string of the molecule is CCN(CC)c1ccc(N2C/C=C\CCC(=O)OC[C@H](c3ccccc3)NC(=O)[C@@H]3[C@H]4C(=O)N(CCCCCO)[C@H](C2=O)[C@]42C=C[C@H]3O2)cc1. The Morgan fingerprint density at radius 1 is 0.940 bits per heavy atom. The first-order chi connectivity index (χ1) is 24.3. The second-order valence-corrected chi connectivity index (χ2v) is 13.3. The van der Waals surface area contributed by atoms with Gasteiger partial charge in [0.2, 0.25) is 11.8 Å². The predicted molar refractivity (Wildman–Crippen MR) is 189 cm³/mol. The van der Waals surface area contributed by atoms with E-state index in [-0.39, 0.29) is 44.5 Å². The van der Waals surface area contributed by atoms with Gasteiger partial charge in [-0.2, -0.15) is 0 Å². The zero-order chi connectivity index (χ0) is 35.3. The Balaban J connectivity index is 1.40. The van der Waals surface area contributed by atoms with Crippen molar-refractivity contribution >= 4 is 35.1 Å². The molecule has 6 rings (SSSR count). The van der Waals surface area contributed by atoms with Crippen LogP contribution in [0.25, 0.3) is 0 Å². The number of cyclic esters (lactones) is 1. The second kappa shape index (κ2) is 15.6. The van der Waals surface area contributed by atoms with Crippen LogP contribution >= 0.6 is 0 Å². The molecule has 6 atom stereocenters. The number of aliphatic hydroxyl groups is 1. The summed E-state index contributed by atoms with van der Waals surface area (Å²) in [6.45, 7) is 6.34. The van der Waals surface area contributed by atoms with Crippen molar-refractivity contribution in [2.45, 2.75) is 69.7 Å². The summed E-state index contributed by atoms with van der Waals surface area (Å²) in [6, 6.07) is 15.5. The van der Waals surface area contributed by atoms with Gasteiger partial charge in [0.15, 0.2) is 0 Å². The normalized spacial score (nSPS) is 28.8. The van der Waals surface area contributed by atoms with Crippen molar-refractivity contribution in [3.63, 3.8) is 0 Å². The molecule has 4 aliphatic rings. The number of ether oxygens (including phenoxy) is 2. The fraction of sp³-hybridized carbons (Fsp3) is 0.487. The average molecular weight is 685 g/mol. The number of aliphatic hydroxyl groups excluding tert-OH is 1. The second-order valence-electron chi connectivity index (χ2n) is 13.3. The lowest BCUT2D eigenvalue weighted by atomic mass is 9.74. The lowest BCUT2D eigenvalue weighted by Crippen LogP contribution is -2.56. The molecule has 1 spiro atoms. The molecule has 4 heterocycles. The van der Waals surface area contributed by atoms with Crippen molar-refractivity contribution in [3.8, 4) is 0 Å². The van der Waals surface area contributed by atoms with Crippen molar-refractivity contribution in [2.75, 3.05) is 49.2 Å². The van der Waals surface area contributed by atoms with E-state index in [1.165, 1.54) is 0 Å². The first-order valence-electron chi connectivity index (χ1n) is 17.9. The third kappa shape index (κ3) is 6.81. The number of anilines is 2. The van der Waals surface area contributed by atoms with Gasteiger partial charge < -0.3 is 34.6 Å². The highest BCUT2D eigenvalue weighted by Gasteiger charge is 2.73. The minimum absolute atomic E-state index is 0.0418. The summed E-state index contributed by atoms with van der Waals surface area (Å²) in [6.07, 6.45) is 9.05. The summed E-state index contributed by atoms with van der Waals surface area (Å²) in [5.41, 5.74) is 1.13. The smallest absolute Gasteiger partial charge is 0.306 e. The van der Waals surface area contributed by atoms with E-state index in [0.717, 1.165) is 24.3 Å². The Morgan fingerprint density at radius 3 is 2.42 bits per heavy atom. The first-order valence-corrected chi connectivity index (χ1v) is 17.9. The number of benzene rings is 2. The van der Waals surface area contributed by atoms with Crippen LogP contribution in [-0.2, 0) is 28.7 Å². The van der Waals surface area contributed by atoms with Crippen LogP contribution in [0, 0.1) is 11.8 Å². The molecule has 4 aliphatic heterocycles. The number of amides is 3. The third-order valence-electron chi connectivity index (χ3n) is 10.4. The van der Waals surface area contributed by atoms with Crippen LogP contribution in [0.2, 0.25) is 0 Å². The van der Waals surface area contributed by atoms with Gasteiger partial charge in [-0.25, -0.2) is 0 Å². The number of fused-ring (bicyclic) bond motifs is 2. The van der Waals surface area contributed by atoms with E-state index in [1.807, 2.05) is 72.8 Å². The van der Waals surface area contributed by atoms with Crippen LogP contribution in [0.1, 0.15) is 57.6 Å². The van der Waals surface area contributed by atoms with Gasteiger partial charge in [-0.1, -0.05) is 54.6 Å². The summed E-state index contributed by atoms with van der Waals surface area (Å²) in [7, 11) is 0. The molecule has 11 heteroatoms. The molecule has 0 aliphatic carbocycles. The summed E-state index contributed by atoms with van der Waals surface area (Å²) in [5.74, 6) is -3.19. The molecule has 0 radical (unpaired) electrons. The molecule has 3 amide bonds. The van der Waals surface area contributed by atoms with E-state index in [2.05, 4.69) is 24.1 Å². The van der Waals surface area contributed by atoms with Gasteiger partial charge >= 0.3 is 5.97 Å². The zero-order valence-electron chi connectivity index (χ0n) is 28.9. The molecular weight excluding hydrogens is 636 g/mol. The largest absolute Gasteiger partial charge is 0.463 e. The lowest BCUT2D eigenvalue weighted by Gasteiger charge is -2.36. The summed E-state index contributed by atoms with van der Waals surface area (Å²) < 4.78 is 12.3. The van der Waals surface area contributed by atoms with Crippen LogP contribution in [0.5, 0.6) is 0 Å². The highest BCUT2D eigenvalue weighted by molar-refractivity contribution is 6.05. The van der Waals surface area contributed by atoms with Gasteiger partial charge in [0.05, 0.1) is 24.0 Å². The standard InChI is InChI=1S/C39H48N4O7/c1-3-41(4-2)28-17-19-29(20-18-28)42-23-11-6-10-16-32(45)49-26-30(27-14-8-5-9-15-27)40-36(46)33-31-21-22-39(50-31)34(33)37(47)43(35(39)38(42)48)24-12-7-13-25-44/h5-6,8-9,11,14-15,17-22,30-31,33-35,44H,3-4,7,10,12-13,16,23-26H2,1-2H3,(H,40,46)/b11-6-/t30-,31-,33+,34+,35-,39+/m1/s1. The molecule has 11 nitrogen and oxygen atoms in total. The number of allylic oxidation sites excluding steroid dienone is 1. The van der Waals surface area contributed by atoms with E-state index in [4.69, 9.17) is 9.47 Å². The number of rotatable bonds is 10. The molecule has 0 aromatic heterocycles. The molecule has 2 fully saturated rings. The molecule has 2 aromatic rings. The minimum Gasteiger partial charge on any atom is -0.463 e. The quantitative estimate of drug-likeness (QED) is 0.219. The predicted octanol–water partition coefficient (Wildman–Crippen LogP) is 3.93. The first kappa shape index (κ1) is 35.3. The molecule has 2 aromatic carbocycles. The number of unbranched alkanes of at least 4 members (excludes halogenated alkanes) is 2. The van der Waals surface area contributed by atoms with Gasteiger partial charge in [-0.05, 0) is 69.4 Å². The van der Waals surface area contributed by atoms with Crippen molar-refractivity contribution < 1.29 is 33.8 Å². The minimum atomic E-state index is -1.33. The van der Waals surface area contributed by atoms with E-state index in [9.17, 15) is 19.5 Å². The third-order valence-corrected chi connectivity index (χ3v) is 10.4. The maximum Gasteiger partial charge on any atom is 0.306 e. The van der Waals surface area contributed by atoms with Crippen molar-refractivity contribution in [3.05, 3.63) is 84.5 Å². The number of hydrogen-bond donors (Lipinski definition) is 2. The summed E-state index contributed by atoms with van der Waals surface area (Å²) in [5, 5.41) is 12.5. The molecule has 2 N–H and O–H groups in total. The maximum absolute atomic E-state index is 15.0. The number of carbonyl (C=O) groups is 4. The molecular formula is C39H48N4O7. The zero-order valence-corrected chi connectivity index (χ0v) is 28.9. The van der Waals surface area contributed by atoms with E-state index >= 15 is 4.79 Å². The van der Waals surface area contributed by atoms with Gasteiger partial charge in [-0.3, -0.25) is 19.2 Å². The molecule has 2 saturated heterocycles. The van der Waals surface area contributed by atoms with Gasteiger partial charge in [-0.15, -0.1) is 0 Å². The van der Waals surface area contributed by atoms with Crippen LogP contribution in [0.15, 0.2) is 78.9 Å². The molecule has 266 valence electrons. The van der Waals surface area contributed by atoms with Crippen molar-refractivity contribution in [2.24, 2.45) is 11.8 Å². The fourth-order valence-electron chi connectivity index (χ4n) is 7.88. The number of nitrogens with zero attached hydrogens (tertiary/aromatic N) is 3.